The van der Waals surface area contributed by atoms with Crippen molar-refractivity contribution < 1.29 is 13.9 Å². The lowest BCUT2D eigenvalue weighted by Crippen LogP contribution is -2.45. The molecule has 4 nitrogen and oxygen atoms in total. The highest BCUT2D eigenvalue weighted by atomic mass is 19.1. The Labute approximate surface area is 156 Å². The van der Waals surface area contributed by atoms with Crippen molar-refractivity contribution in [2.24, 2.45) is 5.92 Å². The fraction of sp³-hybridized carbons (Fsp3) is 0.667. The minimum Gasteiger partial charge on any atom is -0.370 e. The maximum Gasteiger partial charge on any atom is 0.220 e. The van der Waals surface area contributed by atoms with E-state index in [1.54, 1.807) is 6.07 Å². The van der Waals surface area contributed by atoms with Gasteiger partial charge in [-0.1, -0.05) is 32.0 Å². The van der Waals surface area contributed by atoms with Crippen LogP contribution in [0.3, 0.4) is 0 Å². The SMILES string of the molecule is CC(C)CC(=O)NCC1CCC2(CCN(Cc3ccccc3F)CC2)O1. The van der Waals surface area contributed by atoms with E-state index in [1.807, 2.05) is 12.1 Å². The number of ether oxygens (including phenoxy) is 1. The van der Waals surface area contributed by atoms with Gasteiger partial charge in [0.25, 0.3) is 0 Å². The number of hydrogen-bond donors (Lipinski definition) is 1. The van der Waals surface area contributed by atoms with Crippen molar-refractivity contribution in [3.63, 3.8) is 0 Å². The number of nitrogens with one attached hydrogen (secondary N) is 1. The molecule has 2 aliphatic heterocycles. The molecule has 2 heterocycles. The Kier molecular flexibility index (Phi) is 6.30. The van der Waals surface area contributed by atoms with E-state index < -0.39 is 0 Å². The molecule has 2 aliphatic rings. The van der Waals surface area contributed by atoms with Crippen molar-refractivity contribution in [3.05, 3.63) is 35.6 Å². The number of nitrogens with zero attached hydrogens (tertiary/aromatic N) is 1. The summed E-state index contributed by atoms with van der Waals surface area (Å²) < 4.78 is 20.2. The smallest absolute Gasteiger partial charge is 0.220 e. The van der Waals surface area contributed by atoms with Crippen LogP contribution in [-0.2, 0) is 16.1 Å². The number of piperidine rings is 1. The van der Waals surface area contributed by atoms with E-state index in [2.05, 4.69) is 24.1 Å². The summed E-state index contributed by atoms with van der Waals surface area (Å²) in [5, 5.41) is 3.01. The summed E-state index contributed by atoms with van der Waals surface area (Å²) in [6.45, 7) is 7.25. The largest absolute Gasteiger partial charge is 0.370 e. The van der Waals surface area contributed by atoms with Gasteiger partial charge in [0.05, 0.1) is 11.7 Å². The van der Waals surface area contributed by atoms with Gasteiger partial charge in [-0.15, -0.1) is 0 Å². The van der Waals surface area contributed by atoms with Gasteiger partial charge in [-0.25, -0.2) is 4.39 Å². The summed E-state index contributed by atoms with van der Waals surface area (Å²) in [4.78, 5) is 14.1. The zero-order valence-electron chi connectivity index (χ0n) is 16.0. The highest BCUT2D eigenvalue weighted by molar-refractivity contribution is 5.76. The Hall–Kier alpha value is -1.46. The predicted octanol–water partition coefficient (Wildman–Crippen LogP) is 3.50. The number of hydrogen-bond acceptors (Lipinski definition) is 3. The Balaban J connectivity index is 1.43. The normalized spacial score (nSPS) is 22.8. The zero-order chi connectivity index (χ0) is 18.6. The summed E-state index contributed by atoms with van der Waals surface area (Å²) >= 11 is 0. The molecule has 3 rings (SSSR count). The topological polar surface area (TPSA) is 41.6 Å². The quantitative estimate of drug-likeness (QED) is 0.842. The summed E-state index contributed by atoms with van der Waals surface area (Å²) in [5.41, 5.74) is 0.723. The molecule has 0 aliphatic carbocycles. The molecule has 0 bridgehead atoms. The van der Waals surface area contributed by atoms with E-state index in [-0.39, 0.29) is 23.4 Å². The Morgan fingerprint density at radius 1 is 1.31 bits per heavy atom. The number of carbonyl (C=O) groups excluding carboxylic acids is 1. The number of likely N-dealkylation sites (tertiary alicyclic amines) is 1. The fourth-order valence-corrected chi connectivity index (χ4v) is 4.06. The van der Waals surface area contributed by atoms with Crippen LogP contribution in [0.15, 0.2) is 24.3 Å². The van der Waals surface area contributed by atoms with Crippen LogP contribution >= 0.6 is 0 Å². The van der Waals surface area contributed by atoms with E-state index in [0.717, 1.165) is 44.3 Å². The first kappa shape index (κ1) is 19.3. The van der Waals surface area contributed by atoms with E-state index >= 15 is 0 Å². The van der Waals surface area contributed by atoms with Crippen LogP contribution in [0.25, 0.3) is 0 Å². The molecule has 0 aromatic heterocycles. The summed E-state index contributed by atoms with van der Waals surface area (Å²) in [6.07, 6.45) is 4.74. The lowest BCUT2D eigenvalue weighted by molar-refractivity contribution is -0.123. The molecular formula is C21H31FN2O2. The van der Waals surface area contributed by atoms with Gasteiger partial charge in [0.2, 0.25) is 5.91 Å². The first-order valence-corrected chi connectivity index (χ1v) is 9.86. The first-order valence-electron chi connectivity index (χ1n) is 9.86. The number of carbonyl (C=O) groups is 1. The molecule has 1 unspecified atom stereocenters. The third-order valence-electron chi connectivity index (χ3n) is 5.58. The molecule has 1 spiro atoms. The monoisotopic (exact) mass is 362 g/mol. The van der Waals surface area contributed by atoms with E-state index in [4.69, 9.17) is 4.74 Å². The number of benzene rings is 1. The van der Waals surface area contributed by atoms with Gasteiger partial charge in [0, 0.05) is 38.2 Å². The Bertz CT molecular complexity index is 612. The van der Waals surface area contributed by atoms with E-state index in [1.165, 1.54) is 6.07 Å². The van der Waals surface area contributed by atoms with Crippen LogP contribution in [0.4, 0.5) is 4.39 Å². The second kappa shape index (κ2) is 8.49. The number of halogens is 1. The molecule has 0 saturated carbocycles. The minimum atomic E-state index is -0.123. The van der Waals surface area contributed by atoms with Crippen LogP contribution in [0.5, 0.6) is 0 Å². The minimum absolute atomic E-state index is 0.0425. The molecule has 1 aromatic rings. The summed E-state index contributed by atoms with van der Waals surface area (Å²) in [7, 11) is 0. The van der Waals surface area contributed by atoms with Crippen molar-refractivity contribution in [3.8, 4) is 0 Å². The molecule has 1 N–H and O–H groups in total. The maximum atomic E-state index is 13.8. The summed E-state index contributed by atoms with van der Waals surface area (Å²) in [5.74, 6) is 0.371. The highest BCUT2D eigenvalue weighted by Crippen LogP contribution is 2.39. The highest BCUT2D eigenvalue weighted by Gasteiger charge is 2.42. The molecule has 1 atom stereocenters. The molecule has 0 radical (unpaired) electrons. The van der Waals surface area contributed by atoms with Crippen LogP contribution in [0, 0.1) is 11.7 Å². The van der Waals surface area contributed by atoms with Gasteiger partial charge < -0.3 is 10.1 Å². The second-order valence-corrected chi connectivity index (χ2v) is 8.23. The standard InChI is InChI=1S/C21H31FN2O2/c1-16(2)13-20(25)23-14-18-7-8-21(26-18)9-11-24(12-10-21)15-17-5-3-4-6-19(17)22/h3-6,16,18H,7-15H2,1-2H3,(H,23,25). The zero-order valence-corrected chi connectivity index (χ0v) is 16.0. The molecule has 1 amide bonds. The van der Waals surface area contributed by atoms with Crippen molar-refractivity contribution in [1.29, 1.82) is 0 Å². The van der Waals surface area contributed by atoms with Gasteiger partial charge in [0.1, 0.15) is 5.82 Å². The van der Waals surface area contributed by atoms with Gasteiger partial charge in [-0.3, -0.25) is 9.69 Å². The van der Waals surface area contributed by atoms with Gasteiger partial charge in [-0.2, -0.15) is 0 Å². The van der Waals surface area contributed by atoms with E-state index in [0.29, 0.717) is 25.4 Å². The van der Waals surface area contributed by atoms with Crippen LogP contribution in [0.1, 0.15) is 51.5 Å². The Morgan fingerprint density at radius 3 is 2.73 bits per heavy atom. The molecule has 2 fully saturated rings. The van der Waals surface area contributed by atoms with Crippen molar-refractivity contribution in [2.45, 2.75) is 64.2 Å². The second-order valence-electron chi connectivity index (χ2n) is 8.23. The molecule has 26 heavy (non-hydrogen) atoms. The average Bonchev–Trinajstić information content (AvgIpc) is 3.00. The first-order chi connectivity index (χ1) is 12.5. The average molecular weight is 362 g/mol. The summed E-state index contributed by atoms with van der Waals surface area (Å²) in [6, 6.07) is 7.01. The predicted molar refractivity (Wildman–Crippen MR) is 100 cm³/mol. The molecule has 1 aromatic carbocycles. The number of rotatable bonds is 6. The lowest BCUT2D eigenvalue weighted by Gasteiger charge is -2.39. The van der Waals surface area contributed by atoms with Gasteiger partial charge in [-0.05, 0) is 37.7 Å². The number of amides is 1. The van der Waals surface area contributed by atoms with Crippen LogP contribution in [-0.4, -0.2) is 42.1 Å². The Morgan fingerprint density at radius 2 is 2.04 bits per heavy atom. The van der Waals surface area contributed by atoms with Crippen molar-refractivity contribution in [1.82, 2.24) is 10.2 Å². The van der Waals surface area contributed by atoms with Crippen molar-refractivity contribution in [2.75, 3.05) is 19.6 Å². The molecule has 2 saturated heterocycles. The maximum absolute atomic E-state index is 13.8. The van der Waals surface area contributed by atoms with Gasteiger partial charge in [0.15, 0.2) is 0 Å². The van der Waals surface area contributed by atoms with Gasteiger partial charge >= 0.3 is 0 Å². The van der Waals surface area contributed by atoms with Crippen LogP contribution in [0.2, 0.25) is 0 Å². The van der Waals surface area contributed by atoms with E-state index in [9.17, 15) is 9.18 Å². The fourth-order valence-electron chi connectivity index (χ4n) is 4.06. The van der Waals surface area contributed by atoms with Crippen molar-refractivity contribution >= 4 is 5.91 Å². The molecular weight excluding hydrogens is 331 g/mol. The third-order valence-corrected chi connectivity index (χ3v) is 5.58. The molecule has 5 heteroatoms. The third kappa shape index (κ3) is 5.04. The van der Waals surface area contributed by atoms with Crippen LogP contribution < -0.4 is 5.32 Å². The lowest BCUT2D eigenvalue weighted by atomic mass is 9.88. The molecule has 144 valence electrons.